The van der Waals surface area contributed by atoms with Gasteiger partial charge in [0.1, 0.15) is 17.5 Å². The first kappa shape index (κ1) is 10.5. The van der Waals surface area contributed by atoms with Crippen LogP contribution in [-0.2, 0) is 19.5 Å². The average molecular weight is 232 g/mol. The molecule has 3 rings (SSSR count). The Bertz CT molecular complexity index is 486. The van der Waals surface area contributed by atoms with Crippen LogP contribution in [0.25, 0.3) is 0 Å². The topological polar surface area (TPSA) is 71.4 Å². The van der Waals surface area contributed by atoms with E-state index in [2.05, 4.69) is 37.0 Å². The molecule has 2 N–H and O–H groups in total. The minimum Gasteiger partial charge on any atom is -0.348 e. The van der Waals surface area contributed by atoms with Gasteiger partial charge in [0.05, 0.1) is 12.6 Å². The molecule has 1 aliphatic rings. The molecular weight excluding hydrogens is 216 g/mol. The first-order chi connectivity index (χ1) is 8.34. The molecule has 0 bridgehead atoms. The van der Waals surface area contributed by atoms with Crippen LogP contribution < -0.4 is 5.32 Å². The summed E-state index contributed by atoms with van der Waals surface area (Å²) >= 11 is 0. The molecule has 1 unspecified atom stereocenters. The zero-order valence-electron chi connectivity index (χ0n) is 9.85. The maximum atomic E-state index is 4.26. The van der Waals surface area contributed by atoms with Crippen LogP contribution in [0.2, 0.25) is 0 Å². The van der Waals surface area contributed by atoms with Crippen molar-refractivity contribution in [3.63, 3.8) is 0 Å². The van der Waals surface area contributed by atoms with Gasteiger partial charge in [-0.15, -0.1) is 10.2 Å². The first-order valence-electron chi connectivity index (χ1n) is 5.98. The molecule has 2 aromatic rings. The lowest BCUT2D eigenvalue weighted by Crippen LogP contribution is -2.22. The van der Waals surface area contributed by atoms with Crippen molar-refractivity contribution < 1.29 is 0 Å². The van der Waals surface area contributed by atoms with Gasteiger partial charge in [0.2, 0.25) is 0 Å². The fourth-order valence-electron chi connectivity index (χ4n) is 2.23. The van der Waals surface area contributed by atoms with E-state index in [0.29, 0.717) is 0 Å². The second-order valence-corrected chi connectivity index (χ2v) is 4.37. The zero-order chi connectivity index (χ0) is 11.7. The van der Waals surface area contributed by atoms with Crippen LogP contribution in [0.4, 0.5) is 0 Å². The van der Waals surface area contributed by atoms with Gasteiger partial charge in [-0.25, -0.2) is 4.98 Å². The number of aryl methyl sites for hydroxylation is 1. The molecule has 0 radical (unpaired) electrons. The Labute approximate surface area is 99.5 Å². The van der Waals surface area contributed by atoms with Crippen molar-refractivity contribution in [2.45, 2.75) is 38.9 Å². The van der Waals surface area contributed by atoms with Crippen LogP contribution in [0.1, 0.15) is 36.9 Å². The molecule has 0 aliphatic carbocycles. The standard InChI is InChI=1S/C11H16N6/c1-8(14-7-9-12-4-5-13-9)11-16-15-10-3-2-6-17(10)11/h4-5,8,14H,2-3,6-7H2,1H3,(H,12,13). The van der Waals surface area contributed by atoms with Crippen molar-refractivity contribution >= 4 is 0 Å². The summed E-state index contributed by atoms with van der Waals surface area (Å²) in [5, 5.41) is 11.9. The van der Waals surface area contributed by atoms with E-state index in [1.807, 2.05) is 6.20 Å². The lowest BCUT2D eigenvalue weighted by atomic mass is 10.3. The monoisotopic (exact) mass is 232 g/mol. The van der Waals surface area contributed by atoms with E-state index in [1.165, 1.54) is 6.42 Å². The molecule has 2 aromatic heterocycles. The van der Waals surface area contributed by atoms with Gasteiger partial charge in [0, 0.05) is 25.4 Å². The SMILES string of the molecule is CC(NCc1ncc[nH]1)c1nnc2n1CCC2. The molecular formula is C11H16N6. The lowest BCUT2D eigenvalue weighted by molar-refractivity contribution is 0.508. The van der Waals surface area contributed by atoms with E-state index in [9.17, 15) is 0 Å². The Morgan fingerprint density at radius 1 is 1.53 bits per heavy atom. The number of aromatic nitrogens is 5. The van der Waals surface area contributed by atoms with Crippen molar-refractivity contribution in [1.82, 2.24) is 30.0 Å². The fraction of sp³-hybridized carbons (Fsp3) is 0.545. The van der Waals surface area contributed by atoms with Crippen molar-refractivity contribution in [1.29, 1.82) is 0 Å². The second kappa shape index (κ2) is 4.29. The molecule has 1 atom stereocenters. The minimum absolute atomic E-state index is 0.194. The third kappa shape index (κ3) is 1.95. The van der Waals surface area contributed by atoms with Crippen molar-refractivity contribution in [3.8, 4) is 0 Å². The summed E-state index contributed by atoms with van der Waals surface area (Å²) in [5.41, 5.74) is 0. The highest BCUT2D eigenvalue weighted by Gasteiger charge is 2.20. The molecule has 0 saturated carbocycles. The molecule has 0 saturated heterocycles. The lowest BCUT2D eigenvalue weighted by Gasteiger charge is -2.12. The maximum Gasteiger partial charge on any atom is 0.149 e. The van der Waals surface area contributed by atoms with Crippen LogP contribution in [0, 0.1) is 0 Å². The first-order valence-corrected chi connectivity index (χ1v) is 5.98. The Hall–Kier alpha value is -1.69. The van der Waals surface area contributed by atoms with Gasteiger partial charge in [0.25, 0.3) is 0 Å². The summed E-state index contributed by atoms with van der Waals surface area (Å²) in [4.78, 5) is 7.25. The van der Waals surface area contributed by atoms with E-state index in [-0.39, 0.29) is 6.04 Å². The van der Waals surface area contributed by atoms with Gasteiger partial charge < -0.3 is 14.9 Å². The number of H-pyrrole nitrogens is 1. The van der Waals surface area contributed by atoms with Crippen LogP contribution in [-0.4, -0.2) is 24.7 Å². The van der Waals surface area contributed by atoms with E-state index in [4.69, 9.17) is 0 Å². The van der Waals surface area contributed by atoms with Gasteiger partial charge in [-0.2, -0.15) is 0 Å². The molecule has 0 amide bonds. The highest BCUT2D eigenvalue weighted by molar-refractivity contribution is 5.04. The van der Waals surface area contributed by atoms with E-state index in [1.54, 1.807) is 6.20 Å². The smallest absolute Gasteiger partial charge is 0.149 e. The molecule has 0 aromatic carbocycles. The largest absolute Gasteiger partial charge is 0.348 e. The minimum atomic E-state index is 0.194. The van der Waals surface area contributed by atoms with Gasteiger partial charge in [-0.3, -0.25) is 0 Å². The van der Waals surface area contributed by atoms with Gasteiger partial charge >= 0.3 is 0 Å². The molecule has 0 spiro atoms. The quantitative estimate of drug-likeness (QED) is 0.818. The molecule has 17 heavy (non-hydrogen) atoms. The summed E-state index contributed by atoms with van der Waals surface area (Å²) in [7, 11) is 0. The Balaban J connectivity index is 1.67. The molecule has 6 heteroatoms. The molecule has 90 valence electrons. The zero-order valence-corrected chi connectivity index (χ0v) is 9.85. The second-order valence-electron chi connectivity index (χ2n) is 4.37. The highest BCUT2D eigenvalue weighted by Crippen LogP contribution is 2.18. The number of nitrogens with zero attached hydrogens (tertiary/aromatic N) is 4. The molecule has 0 fully saturated rings. The van der Waals surface area contributed by atoms with Crippen LogP contribution >= 0.6 is 0 Å². The number of aromatic amines is 1. The molecule has 6 nitrogen and oxygen atoms in total. The summed E-state index contributed by atoms with van der Waals surface area (Å²) < 4.78 is 2.22. The average Bonchev–Trinajstić information content (AvgIpc) is 3.02. The third-order valence-corrected chi connectivity index (χ3v) is 3.16. The highest BCUT2D eigenvalue weighted by atomic mass is 15.3. The Morgan fingerprint density at radius 3 is 3.29 bits per heavy atom. The maximum absolute atomic E-state index is 4.26. The summed E-state index contributed by atoms with van der Waals surface area (Å²) in [6, 6.07) is 0.194. The predicted molar refractivity (Wildman–Crippen MR) is 62.2 cm³/mol. The van der Waals surface area contributed by atoms with E-state index in [0.717, 1.165) is 37.0 Å². The van der Waals surface area contributed by atoms with E-state index < -0.39 is 0 Å². The number of hydrogen-bond acceptors (Lipinski definition) is 4. The van der Waals surface area contributed by atoms with Crippen molar-refractivity contribution in [2.75, 3.05) is 0 Å². The van der Waals surface area contributed by atoms with Crippen molar-refractivity contribution in [3.05, 3.63) is 29.9 Å². The van der Waals surface area contributed by atoms with Crippen LogP contribution in [0.3, 0.4) is 0 Å². The summed E-state index contributed by atoms with van der Waals surface area (Å²) in [5.74, 6) is 3.09. The van der Waals surface area contributed by atoms with Gasteiger partial charge in [0.15, 0.2) is 0 Å². The molecule has 1 aliphatic heterocycles. The predicted octanol–water partition coefficient (Wildman–Crippen LogP) is 0.798. The Morgan fingerprint density at radius 2 is 2.47 bits per heavy atom. The van der Waals surface area contributed by atoms with E-state index >= 15 is 0 Å². The fourth-order valence-corrected chi connectivity index (χ4v) is 2.23. The number of nitrogens with one attached hydrogen (secondary N) is 2. The van der Waals surface area contributed by atoms with Crippen LogP contribution in [0.5, 0.6) is 0 Å². The molecule has 3 heterocycles. The number of rotatable bonds is 4. The van der Waals surface area contributed by atoms with Gasteiger partial charge in [-0.1, -0.05) is 0 Å². The number of hydrogen-bond donors (Lipinski definition) is 2. The van der Waals surface area contributed by atoms with Crippen LogP contribution in [0.15, 0.2) is 12.4 Å². The van der Waals surface area contributed by atoms with Crippen molar-refractivity contribution in [2.24, 2.45) is 0 Å². The van der Waals surface area contributed by atoms with Gasteiger partial charge in [-0.05, 0) is 13.3 Å². The Kier molecular flexibility index (Phi) is 2.64. The third-order valence-electron chi connectivity index (χ3n) is 3.16. The summed E-state index contributed by atoms with van der Waals surface area (Å²) in [6.45, 7) is 3.87. The summed E-state index contributed by atoms with van der Waals surface area (Å²) in [6.07, 6.45) is 5.83. The number of fused-ring (bicyclic) bond motifs is 1. The normalized spacial score (nSPS) is 16.1. The number of imidazole rings is 1.